The lowest BCUT2D eigenvalue weighted by molar-refractivity contribution is -0.140. The Kier molecular flexibility index (Phi) is 5.51. The van der Waals surface area contributed by atoms with Crippen molar-refractivity contribution >= 4 is 5.97 Å². The first kappa shape index (κ1) is 15.3. The molecular weight excluding hydrogens is 266 g/mol. The van der Waals surface area contributed by atoms with Crippen molar-refractivity contribution in [2.45, 2.75) is 26.3 Å². The minimum absolute atomic E-state index is 0.165. The number of aryl methyl sites for hydroxylation is 1. The molecule has 1 heterocycles. The fraction of sp³-hybridized carbons (Fsp3) is 0.375. The van der Waals surface area contributed by atoms with Crippen LogP contribution in [-0.2, 0) is 16.1 Å². The Morgan fingerprint density at radius 1 is 1.33 bits per heavy atom. The molecule has 1 aromatic heterocycles. The molecule has 0 aliphatic heterocycles. The number of rotatable bonds is 7. The number of para-hydroxylation sites is 1. The summed E-state index contributed by atoms with van der Waals surface area (Å²) in [5, 5.41) is 3.34. The van der Waals surface area contributed by atoms with Crippen LogP contribution in [0.3, 0.4) is 0 Å². The average Bonchev–Trinajstić information content (AvgIpc) is 2.88. The van der Waals surface area contributed by atoms with Gasteiger partial charge in [-0.2, -0.15) is 0 Å². The Balaban J connectivity index is 1.91. The van der Waals surface area contributed by atoms with Crippen molar-refractivity contribution in [2.75, 3.05) is 13.7 Å². The monoisotopic (exact) mass is 287 g/mol. The number of carbonyl (C=O) groups is 1. The van der Waals surface area contributed by atoms with Gasteiger partial charge in [0.1, 0.15) is 5.82 Å². The molecule has 21 heavy (non-hydrogen) atoms. The van der Waals surface area contributed by atoms with Crippen LogP contribution >= 0.6 is 0 Å². The van der Waals surface area contributed by atoms with Gasteiger partial charge in [0, 0.05) is 18.7 Å². The number of carbonyl (C=O) groups excluding carboxylic acids is 1. The fourth-order valence-corrected chi connectivity index (χ4v) is 2.22. The summed E-state index contributed by atoms with van der Waals surface area (Å²) < 4.78 is 6.75. The largest absolute Gasteiger partial charge is 0.469 e. The smallest absolute Gasteiger partial charge is 0.305 e. The lowest BCUT2D eigenvalue weighted by Crippen LogP contribution is -2.18. The number of ether oxygens (including phenoxy) is 1. The van der Waals surface area contributed by atoms with Gasteiger partial charge in [0.05, 0.1) is 19.0 Å². The Hall–Kier alpha value is -2.14. The first-order chi connectivity index (χ1) is 10.2. The van der Waals surface area contributed by atoms with E-state index in [1.54, 1.807) is 0 Å². The van der Waals surface area contributed by atoms with Crippen LogP contribution in [0.2, 0.25) is 0 Å². The van der Waals surface area contributed by atoms with E-state index in [0.717, 1.165) is 36.7 Å². The van der Waals surface area contributed by atoms with E-state index in [0.29, 0.717) is 6.42 Å². The minimum atomic E-state index is -0.165. The highest BCUT2D eigenvalue weighted by molar-refractivity contribution is 5.69. The van der Waals surface area contributed by atoms with E-state index in [1.807, 2.05) is 31.3 Å². The maximum absolute atomic E-state index is 11.0. The minimum Gasteiger partial charge on any atom is -0.469 e. The lowest BCUT2D eigenvalue weighted by atomic mass is 10.3. The van der Waals surface area contributed by atoms with E-state index >= 15 is 0 Å². The van der Waals surface area contributed by atoms with Crippen LogP contribution in [0.1, 0.15) is 24.4 Å². The topological polar surface area (TPSA) is 56.1 Å². The number of hydrogen-bond acceptors (Lipinski definition) is 4. The van der Waals surface area contributed by atoms with E-state index in [9.17, 15) is 4.79 Å². The third-order valence-corrected chi connectivity index (χ3v) is 3.29. The normalized spacial score (nSPS) is 10.6. The number of aromatic nitrogens is 2. The second-order valence-corrected chi connectivity index (χ2v) is 4.82. The zero-order valence-corrected chi connectivity index (χ0v) is 12.5. The molecule has 2 aromatic rings. The van der Waals surface area contributed by atoms with E-state index < -0.39 is 0 Å². The quantitative estimate of drug-likeness (QED) is 0.626. The molecule has 0 atom stereocenters. The number of nitrogens with one attached hydrogen (secondary N) is 1. The molecule has 2 rings (SSSR count). The van der Waals surface area contributed by atoms with E-state index in [1.165, 1.54) is 7.11 Å². The maximum atomic E-state index is 11.0. The van der Waals surface area contributed by atoms with Gasteiger partial charge in [0.25, 0.3) is 0 Å². The van der Waals surface area contributed by atoms with Crippen molar-refractivity contribution in [1.29, 1.82) is 0 Å². The molecule has 0 spiro atoms. The summed E-state index contributed by atoms with van der Waals surface area (Å²) in [5.41, 5.74) is 2.22. The highest BCUT2D eigenvalue weighted by Gasteiger charge is 2.08. The molecule has 0 amide bonds. The number of methoxy groups -OCH3 is 1. The summed E-state index contributed by atoms with van der Waals surface area (Å²) in [7, 11) is 1.41. The van der Waals surface area contributed by atoms with Crippen molar-refractivity contribution in [3.8, 4) is 5.69 Å². The summed E-state index contributed by atoms with van der Waals surface area (Å²) in [6.45, 7) is 3.48. The molecule has 0 fully saturated rings. The van der Waals surface area contributed by atoms with Crippen molar-refractivity contribution in [3.63, 3.8) is 0 Å². The number of nitrogens with zero attached hydrogens (tertiary/aromatic N) is 2. The highest BCUT2D eigenvalue weighted by Crippen LogP contribution is 2.14. The Labute approximate surface area is 125 Å². The zero-order chi connectivity index (χ0) is 15.1. The van der Waals surface area contributed by atoms with E-state index in [-0.39, 0.29) is 5.97 Å². The van der Waals surface area contributed by atoms with Crippen molar-refractivity contribution in [3.05, 3.63) is 48.0 Å². The summed E-state index contributed by atoms with van der Waals surface area (Å²) in [6, 6.07) is 10.2. The summed E-state index contributed by atoms with van der Waals surface area (Å²) >= 11 is 0. The predicted molar refractivity (Wildman–Crippen MR) is 81.3 cm³/mol. The number of imidazole rings is 1. The average molecular weight is 287 g/mol. The second kappa shape index (κ2) is 7.59. The molecule has 5 nitrogen and oxygen atoms in total. The van der Waals surface area contributed by atoms with Gasteiger partial charge in [-0.3, -0.25) is 9.36 Å². The van der Waals surface area contributed by atoms with Crippen LogP contribution < -0.4 is 5.32 Å². The van der Waals surface area contributed by atoms with Crippen molar-refractivity contribution < 1.29 is 9.53 Å². The Bertz CT molecular complexity index is 578. The molecule has 0 unspecified atom stereocenters. The Morgan fingerprint density at radius 3 is 2.81 bits per heavy atom. The van der Waals surface area contributed by atoms with Crippen molar-refractivity contribution in [2.24, 2.45) is 0 Å². The summed E-state index contributed by atoms with van der Waals surface area (Å²) in [4.78, 5) is 15.4. The summed E-state index contributed by atoms with van der Waals surface area (Å²) in [5.74, 6) is 0.800. The van der Waals surface area contributed by atoms with Crippen LogP contribution in [0.5, 0.6) is 0 Å². The molecule has 1 aromatic carbocycles. The molecule has 0 aliphatic rings. The van der Waals surface area contributed by atoms with Gasteiger partial charge in [-0.15, -0.1) is 0 Å². The SMILES string of the molecule is COC(=O)CCCNCc1cnc(C)n1-c1ccccc1. The molecule has 0 saturated heterocycles. The second-order valence-electron chi connectivity index (χ2n) is 4.82. The van der Waals surface area contributed by atoms with Crippen LogP contribution in [0.4, 0.5) is 0 Å². The van der Waals surface area contributed by atoms with Gasteiger partial charge < -0.3 is 10.1 Å². The maximum Gasteiger partial charge on any atom is 0.305 e. The van der Waals surface area contributed by atoms with Gasteiger partial charge in [0.2, 0.25) is 0 Å². The molecule has 0 saturated carbocycles. The van der Waals surface area contributed by atoms with Crippen LogP contribution in [0.15, 0.2) is 36.5 Å². The van der Waals surface area contributed by atoms with E-state index in [2.05, 4.69) is 31.7 Å². The van der Waals surface area contributed by atoms with Gasteiger partial charge in [-0.25, -0.2) is 4.98 Å². The first-order valence-electron chi connectivity index (χ1n) is 7.08. The van der Waals surface area contributed by atoms with Gasteiger partial charge in [-0.05, 0) is 32.0 Å². The molecule has 0 aliphatic carbocycles. The molecular formula is C16H21N3O2. The number of esters is 1. The van der Waals surface area contributed by atoms with Crippen molar-refractivity contribution in [1.82, 2.24) is 14.9 Å². The summed E-state index contributed by atoms with van der Waals surface area (Å²) in [6.07, 6.45) is 3.10. The third-order valence-electron chi connectivity index (χ3n) is 3.29. The number of hydrogen-bond donors (Lipinski definition) is 1. The molecule has 0 bridgehead atoms. The van der Waals surface area contributed by atoms with Crippen LogP contribution in [-0.4, -0.2) is 29.2 Å². The van der Waals surface area contributed by atoms with Gasteiger partial charge >= 0.3 is 5.97 Å². The molecule has 0 radical (unpaired) electrons. The zero-order valence-electron chi connectivity index (χ0n) is 12.5. The fourth-order valence-electron chi connectivity index (χ4n) is 2.22. The molecule has 112 valence electrons. The third kappa shape index (κ3) is 4.16. The van der Waals surface area contributed by atoms with Crippen LogP contribution in [0, 0.1) is 6.92 Å². The first-order valence-corrected chi connectivity index (χ1v) is 7.08. The molecule has 5 heteroatoms. The van der Waals surface area contributed by atoms with Gasteiger partial charge in [0.15, 0.2) is 0 Å². The predicted octanol–water partition coefficient (Wildman–Crippen LogP) is 2.22. The molecule has 1 N–H and O–H groups in total. The van der Waals surface area contributed by atoms with Gasteiger partial charge in [-0.1, -0.05) is 18.2 Å². The van der Waals surface area contributed by atoms with E-state index in [4.69, 9.17) is 0 Å². The van der Waals surface area contributed by atoms with Crippen LogP contribution in [0.25, 0.3) is 5.69 Å². The standard InChI is InChI=1S/C16H21N3O2/c1-13-18-12-15(11-17-10-6-9-16(20)21-2)19(13)14-7-4-3-5-8-14/h3-5,7-8,12,17H,6,9-11H2,1-2H3. The Morgan fingerprint density at radius 2 is 2.10 bits per heavy atom. The number of benzene rings is 1. The highest BCUT2D eigenvalue weighted by atomic mass is 16.5. The lowest BCUT2D eigenvalue weighted by Gasteiger charge is -2.11.